The Labute approximate surface area is 143 Å². The number of carbonyl (C=O) groups is 1. The van der Waals surface area contributed by atoms with Crippen LogP contribution in [0.4, 0.5) is 0 Å². The molecule has 6 nitrogen and oxygen atoms in total. The molecule has 0 unspecified atom stereocenters. The molecule has 24 heavy (non-hydrogen) atoms. The van der Waals surface area contributed by atoms with Crippen LogP contribution in [0, 0.1) is 0 Å². The van der Waals surface area contributed by atoms with Crippen LogP contribution in [-0.2, 0) is 0 Å². The van der Waals surface area contributed by atoms with Crippen LogP contribution < -0.4 is 4.74 Å². The zero-order valence-corrected chi connectivity index (χ0v) is 13.8. The molecule has 1 fully saturated rings. The molecule has 3 heterocycles. The SMILES string of the molecule is O=C(c1nc2ccccc2s1)N1CCC(Oc2cnccn2)CC1. The predicted molar refractivity (Wildman–Crippen MR) is 91.2 cm³/mol. The van der Waals surface area contributed by atoms with E-state index in [-0.39, 0.29) is 12.0 Å². The van der Waals surface area contributed by atoms with Gasteiger partial charge in [0.05, 0.1) is 16.4 Å². The van der Waals surface area contributed by atoms with Crippen LogP contribution in [0.15, 0.2) is 42.9 Å². The first-order valence-corrected chi connectivity index (χ1v) is 8.69. The lowest BCUT2D eigenvalue weighted by molar-refractivity contribution is 0.0587. The summed E-state index contributed by atoms with van der Waals surface area (Å²) < 4.78 is 6.86. The van der Waals surface area contributed by atoms with Gasteiger partial charge in [-0.3, -0.25) is 9.78 Å². The summed E-state index contributed by atoms with van der Waals surface area (Å²) in [7, 11) is 0. The first-order chi connectivity index (χ1) is 11.8. The molecule has 1 amide bonds. The van der Waals surface area contributed by atoms with Gasteiger partial charge < -0.3 is 9.64 Å². The number of rotatable bonds is 3. The molecule has 1 aliphatic rings. The van der Waals surface area contributed by atoms with Crippen LogP contribution in [0.25, 0.3) is 10.2 Å². The van der Waals surface area contributed by atoms with Crippen LogP contribution in [0.2, 0.25) is 0 Å². The molecule has 0 N–H and O–H groups in total. The van der Waals surface area contributed by atoms with E-state index in [9.17, 15) is 4.79 Å². The third-order valence-corrected chi connectivity index (χ3v) is 5.06. The standard InChI is InChI=1S/C17H16N4O2S/c22-17(16-20-13-3-1-2-4-14(13)24-16)21-9-5-12(6-10-21)23-15-11-18-7-8-19-15/h1-4,7-8,11-12H,5-6,9-10H2. The molecule has 2 aromatic heterocycles. The lowest BCUT2D eigenvalue weighted by Crippen LogP contribution is -2.41. The molecule has 1 aliphatic heterocycles. The molecular formula is C17H16N4O2S. The fraction of sp³-hybridized carbons (Fsp3) is 0.294. The summed E-state index contributed by atoms with van der Waals surface area (Å²) in [4.78, 5) is 27.1. The quantitative estimate of drug-likeness (QED) is 0.733. The van der Waals surface area contributed by atoms with Crippen LogP contribution in [0.5, 0.6) is 5.88 Å². The number of aromatic nitrogens is 3. The van der Waals surface area contributed by atoms with Gasteiger partial charge in [0.2, 0.25) is 5.88 Å². The lowest BCUT2D eigenvalue weighted by Gasteiger charge is -2.31. The zero-order chi connectivity index (χ0) is 16.4. The van der Waals surface area contributed by atoms with Gasteiger partial charge in [-0.2, -0.15) is 0 Å². The van der Waals surface area contributed by atoms with Gasteiger partial charge in [0.15, 0.2) is 5.01 Å². The van der Waals surface area contributed by atoms with Crippen molar-refractivity contribution in [2.45, 2.75) is 18.9 Å². The maximum Gasteiger partial charge on any atom is 0.282 e. The smallest absolute Gasteiger partial charge is 0.282 e. The number of thiazole rings is 1. The summed E-state index contributed by atoms with van der Waals surface area (Å²) in [5.74, 6) is 0.544. The largest absolute Gasteiger partial charge is 0.473 e. The number of nitrogens with zero attached hydrogens (tertiary/aromatic N) is 4. The predicted octanol–water partition coefficient (Wildman–Crippen LogP) is 2.77. The normalized spacial score (nSPS) is 15.6. The van der Waals surface area contributed by atoms with E-state index in [0.717, 1.165) is 23.1 Å². The number of ether oxygens (including phenoxy) is 1. The van der Waals surface area contributed by atoms with Crippen molar-refractivity contribution in [2.75, 3.05) is 13.1 Å². The number of benzene rings is 1. The van der Waals surface area contributed by atoms with E-state index in [4.69, 9.17) is 4.74 Å². The topological polar surface area (TPSA) is 68.2 Å². The molecule has 1 aromatic carbocycles. The van der Waals surface area contributed by atoms with E-state index in [1.165, 1.54) is 11.3 Å². The molecule has 7 heteroatoms. The van der Waals surface area contributed by atoms with Crippen molar-refractivity contribution in [3.63, 3.8) is 0 Å². The second kappa shape index (κ2) is 6.52. The Hall–Kier alpha value is -2.54. The van der Waals surface area contributed by atoms with Gasteiger partial charge in [-0.25, -0.2) is 9.97 Å². The van der Waals surface area contributed by atoms with E-state index >= 15 is 0 Å². The van der Waals surface area contributed by atoms with Crippen LogP contribution in [-0.4, -0.2) is 45.0 Å². The Morgan fingerprint density at radius 1 is 1.21 bits per heavy atom. The van der Waals surface area contributed by atoms with Crippen LogP contribution >= 0.6 is 11.3 Å². The number of piperidine rings is 1. The number of fused-ring (bicyclic) bond motifs is 1. The molecule has 0 atom stereocenters. The van der Waals surface area contributed by atoms with Crippen molar-refractivity contribution >= 4 is 27.5 Å². The minimum atomic E-state index is 0.00847. The second-order valence-corrected chi connectivity index (χ2v) is 6.67. The number of carbonyl (C=O) groups excluding carboxylic acids is 1. The van der Waals surface area contributed by atoms with Crippen molar-refractivity contribution in [1.82, 2.24) is 19.9 Å². The van der Waals surface area contributed by atoms with E-state index in [1.807, 2.05) is 29.2 Å². The maximum atomic E-state index is 12.6. The fourth-order valence-electron chi connectivity index (χ4n) is 2.79. The Morgan fingerprint density at radius 2 is 2.04 bits per heavy atom. The molecular weight excluding hydrogens is 324 g/mol. The first kappa shape index (κ1) is 15.0. The van der Waals surface area contributed by atoms with Crippen molar-refractivity contribution in [2.24, 2.45) is 0 Å². The highest BCUT2D eigenvalue weighted by Gasteiger charge is 2.26. The maximum absolute atomic E-state index is 12.6. The van der Waals surface area contributed by atoms with E-state index in [2.05, 4.69) is 15.0 Å². The minimum absolute atomic E-state index is 0.00847. The molecule has 4 rings (SSSR count). The minimum Gasteiger partial charge on any atom is -0.473 e. The number of hydrogen-bond donors (Lipinski definition) is 0. The third kappa shape index (κ3) is 3.07. The highest BCUT2D eigenvalue weighted by atomic mass is 32.1. The Bertz CT molecular complexity index is 811. The van der Waals surface area contributed by atoms with Crippen molar-refractivity contribution < 1.29 is 9.53 Å². The molecule has 1 saturated heterocycles. The van der Waals surface area contributed by atoms with Gasteiger partial charge in [0.1, 0.15) is 6.10 Å². The number of hydrogen-bond acceptors (Lipinski definition) is 6. The van der Waals surface area contributed by atoms with Crippen molar-refractivity contribution in [1.29, 1.82) is 0 Å². The van der Waals surface area contributed by atoms with Gasteiger partial charge in [0, 0.05) is 38.3 Å². The van der Waals surface area contributed by atoms with E-state index < -0.39 is 0 Å². The van der Waals surface area contributed by atoms with Crippen LogP contribution in [0.1, 0.15) is 22.6 Å². The molecule has 0 aliphatic carbocycles. The van der Waals surface area contributed by atoms with Crippen molar-refractivity contribution in [3.05, 3.63) is 47.9 Å². The third-order valence-electron chi connectivity index (χ3n) is 4.03. The molecule has 0 saturated carbocycles. The summed E-state index contributed by atoms with van der Waals surface area (Å²) in [6.45, 7) is 1.33. The first-order valence-electron chi connectivity index (χ1n) is 7.87. The summed E-state index contributed by atoms with van der Waals surface area (Å²) in [5.41, 5.74) is 0.881. The highest BCUT2D eigenvalue weighted by Crippen LogP contribution is 2.24. The number of para-hydroxylation sites is 1. The average Bonchev–Trinajstić information content (AvgIpc) is 3.07. The second-order valence-electron chi connectivity index (χ2n) is 5.64. The summed E-state index contributed by atoms with van der Waals surface area (Å²) in [5, 5.41) is 0.560. The Kier molecular flexibility index (Phi) is 4.08. The summed E-state index contributed by atoms with van der Waals surface area (Å²) in [6, 6.07) is 7.82. The monoisotopic (exact) mass is 340 g/mol. The van der Waals surface area contributed by atoms with E-state index in [0.29, 0.717) is 24.0 Å². The Morgan fingerprint density at radius 3 is 2.79 bits per heavy atom. The summed E-state index contributed by atoms with van der Waals surface area (Å²) >= 11 is 1.45. The Balaban J connectivity index is 1.39. The number of likely N-dealkylation sites (tertiary alicyclic amines) is 1. The zero-order valence-electron chi connectivity index (χ0n) is 13.0. The lowest BCUT2D eigenvalue weighted by atomic mass is 10.1. The molecule has 122 valence electrons. The highest BCUT2D eigenvalue weighted by molar-refractivity contribution is 7.20. The van der Waals surface area contributed by atoms with Gasteiger partial charge in [0.25, 0.3) is 5.91 Å². The number of amides is 1. The van der Waals surface area contributed by atoms with Gasteiger partial charge in [-0.15, -0.1) is 11.3 Å². The molecule has 0 radical (unpaired) electrons. The van der Waals surface area contributed by atoms with E-state index in [1.54, 1.807) is 18.6 Å². The molecule has 0 spiro atoms. The van der Waals surface area contributed by atoms with Gasteiger partial charge in [-0.05, 0) is 12.1 Å². The average molecular weight is 340 g/mol. The van der Waals surface area contributed by atoms with Crippen molar-refractivity contribution in [3.8, 4) is 5.88 Å². The molecule has 0 bridgehead atoms. The van der Waals surface area contributed by atoms with Crippen LogP contribution in [0.3, 0.4) is 0 Å². The fourth-order valence-corrected chi connectivity index (χ4v) is 3.73. The van der Waals surface area contributed by atoms with Gasteiger partial charge >= 0.3 is 0 Å². The van der Waals surface area contributed by atoms with Gasteiger partial charge in [-0.1, -0.05) is 12.1 Å². The summed E-state index contributed by atoms with van der Waals surface area (Å²) in [6.07, 6.45) is 6.48. The molecule has 3 aromatic rings.